The molecule has 21 heavy (non-hydrogen) atoms. The molecular weight excluding hydrogens is 264 g/mol. The Balaban J connectivity index is 1.83. The molecule has 0 radical (unpaired) electrons. The number of rotatable bonds is 3. The summed E-state index contributed by atoms with van der Waals surface area (Å²) in [5.74, 6) is 0.931. The van der Waals surface area contributed by atoms with Crippen LogP contribution in [0.15, 0.2) is 22.8 Å². The van der Waals surface area contributed by atoms with E-state index in [1.54, 1.807) is 7.11 Å². The zero-order chi connectivity index (χ0) is 14.8. The normalized spacial score (nSPS) is 18.0. The first-order valence-corrected chi connectivity index (χ1v) is 7.63. The Labute approximate surface area is 126 Å². The van der Waals surface area contributed by atoms with Crippen molar-refractivity contribution in [1.29, 1.82) is 0 Å². The molecule has 0 amide bonds. The SMILES string of the molecule is COc1cc2c(CN3CCCN(C)CC3)coc2cc1C. The Morgan fingerprint density at radius 1 is 1.19 bits per heavy atom. The van der Waals surface area contributed by atoms with Gasteiger partial charge in [0, 0.05) is 30.6 Å². The van der Waals surface area contributed by atoms with E-state index in [9.17, 15) is 0 Å². The summed E-state index contributed by atoms with van der Waals surface area (Å²) in [7, 11) is 3.92. The molecule has 1 aromatic heterocycles. The molecule has 1 aliphatic heterocycles. The van der Waals surface area contributed by atoms with Crippen molar-refractivity contribution in [1.82, 2.24) is 9.80 Å². The summed E-state index contributed by atoms with van der Waals surface area (Å²) >= 11 is 0. The Morgan fingerprint density at radius 3 is 2.86 bits per heavy atom. The van der Waals surface area contributed by atoms with Crippen LogP contribution >= 0.6 is 0 Å². The van der Waals surface area contributed by atoms with Crippen LogP contribution in [0.25, 0.3) is 11.0 Å². The summed E-state index contributed by atoms with van der Waals surface area (Å²) in [5, 5.41) is 1.18. The van der Waals surface area contributed by atoms with Crippen LogP contribution in [0, 0.1) is 6.92 Å². The zero-order valence-electron chi connectivity index (χ0n) is 13.2. The van der Waals surface area contributed by atoms with Crippen molar-refractivity contribution in [2.24, 2.45) is 0 Å². The second kappa shape index (κ2) is 6.08. The third-order valence-electron chi connectivity index (χ3n) is 4.38. The molecule has 114 valence electrons. The number of nitrogens with zero attached hydrogens (tertiary/aromatic N) is 2. The maximum absolute atomic E-state index is 5.73. The molecule has 0 atom stereocenters. The number of aryl methyl sites for hydroxylation is 1. The van der Waals surface area contributed by atoms with Gasteiger partial charge in [-0.3, -0.25) is 4.90 Å². The minimum Gasteiger partial charge on any atom is -0.496 e. The molecule has 0 aliphatic carbocycles. The van der Waals surface area contributed by atoms with Crippen LogP contribution in [-0.4, -0.2) is 50.1 Å². The highest BCUT2D eigenvalue weighted by Crippen LogP contribution is 2.29. The van der Waals surface area contributed by atoms with Crippen molar-refractivity contribution in [2.75, 3.05) is 40.3 Å². The molecule has 1 aliphatic rings. The molecule has 0 saturated carbocycles. The highest BCUT2D eigenvalue weighted by Gasteiger charge is 2.16. The molecule has 1 saturated heterocycles. The minimum absolute atomic E-state index is 0.931. The lowest BCUT2D eigenvalue weighted by Gasteiger charge is -2.19. The molecule has 0 spiro atoms. The van der Waals surface area contributed by atoms with Gasteiger partial charge in [0.05, 0.1) is 13.4 Å². The minimum atomic E-state index is 0.931. The number of ether oxygens (including phenoxy) is 1. The van der Waals surface area contributed by atoms with Gasteiger partial charge in [0.15, 0.2) is 0 Å². The van der Waals surface area contributed by atoms with E-state index >= 15 is 0 Å². The van der Waals surface area contributed by atoms with Gasteiger partial charge in [-0.15, -0.1) is 0 Å². The van der Waals surface area contributed by atoms with Crippen molar-refractivity contribution in [2.45, 2.75) is 19.9 Å². The second-order valence-corrected chi connectivity index (χ2v) is 6.01. The van der Waals surface area contributed by atoms with Gasteiger partial charge in [-0.25, -0.2) is 0 Å². The van der Waals surface area contributed by atoms with Gasteiger partial charge in [0.2, 0.25) is 0 Å². The second-order valence-electron chi connectivity index (χ2n) is 6.01. The van der Waals surface area contributed by atoms with Gasteiger partial charge in [0.1, 0.15) is 11.3 Å². The number of hydrogen-bond acceptors (Lipinski definition) is 4. The van der Waals surface area contributed by atoms with Crippen molar-refractivity contribution < 1.29 is 9.15 Å². The predicted octanol–water partition coefficient (Wildman–Crippen LogP) is 2.89. The third kappa shape index (κ3) is 3.06. The first-order valence-electron chi connectivity index (χ1n) is 7.63. The third-order valence-corrected chi connectivity index (χ3v) is 4.38. The van der Waals surface area contributed by atoms with E-state index in [1.165, 1.54) is 23.9 Å². The maximum atomic E-state index is 5.73. The summed E-state index contributed by atoms with van der Waals surface area (Å²) < 4.78 is 11.2. The van der Waals surface area contributed by atoms with Gasteiger partial charge in [-0.05, 0) is 51.2 Å². The smallest absolute Gasteiger partial charge is 0.134 e. The van der Waals surface area contributed by atoms with E-state index in [0.29, 0.717) is 0 Å². The molecular formula is C17H24N2O2. The maximum Gasteiger partial charge on any atom is 0.134 e. The van der Waals surface area contributed by atoms with Gasteiger partial charge < -0.3 is 14.1 Å². The van der Waals surface area contributed by atoms with Gasteiger partial charge in [-0.2, -0.15) is 0 Å². The molecule has 2 aromatic rings. The molecule has 2 heterocycles. The fourth-order valence-electron chi connectivity index (χ4n) is 3.05. The molecule has 0 unspecified atom stereocenters. The van der Waals surface area contributed by atoms with Gasteiger partial charge in [-0.1, -0.05) is 0 Å². The summed E-state index contributed by atoms with van der Waals surface area (Å²) in [4.78, 5) is 4.92. The van der Waals surface area contributed by atoms with E-state index in [0.717, 1.165) is 43.1 Å². The number of furan rings is 1. The average Bonchev–Trinajstić information content (AvgIpc) is 2.72. The Morgan fingerprint density at radius 2 is 2.05 bits per heavy atom. The zero-order valence-corrected chi connectivity index (χ0v) is 13.2. The number of benzene rings is 1. The van der Waals surface area contributed by atoms with Crippen molar-refractivity contribution in [3.05, 3.63) is 29.5 Å². The first kappa shape index (κ1) is 14.4. The molecule has 3 rings (SSSR count). The number of hydrogen-bond donors (Lipinski definition) is 0. The topological polar surface area (TPSA) is 28.9 Å². The largest absolute Gasteiger partial charge is 0.496 e. The highest BCUT2D eigenvalue weighted by atomic mass is 16.5. The Bertz CT molecular complexity index is 621. The molecule has 0 bridgehead atoms. The van der Waals surface area contributed by atoms with Crippen LogP contribution in [-0.2, 0) is 6.54 Å². The molecule has 0 N–H and O–H groups in total. The lowest BCUT2D eigenvalue weighted by Crippen LogP contribution is -2.28. The van der Waals surface area contributed by atoms with Crippen molar-refractivity contribution in [3.63, 3.8) is 0 Å². The van der Waals surface area contributed by atoms with E-state index in [-0.39, 0.29) is 0 Å². The van der Waals surface area contributed by atoms with Crippen LogP contribution in [0.3, 0.4) is 0 Å². The summed E-state index contributed by atoms with van der Waals surface area (Å²) in [6.07, 6.45) is 3.13. The number of likely N-dealkylation sites (N-methyl/N-ethyl adjacent to an activating group) is 1. The van der Waals surface area contributed by atoms with Crippen molar-refractivity contribution >= 4 is 11.0 Å². The van der Waals surface area contributed by atoms with E-state index < -0.39 is 0 Å². The van der Waals surface area contributed by atoms with E-state index in [4.69, 9.17) is 9.15 Å². The number of methoxy groups -OCH3 is 1. The van der Waals surface area contributed by atoms with Crippen LogP contribution in [0.2, 0.25) is 0 Å². The first-order chi connectivity index (χ1) is 10.2. The van der Waals surface area contributed by atoms with E-state index in [2.05, 4.69) is 29.0 Å². The number of fused-ring (bicyclic) bond motifs is 1. The lowest BCUT2D eigenvalue weighted by molar-refractivity contribution is 0.269. The molecule has 4 nitrogen and oxygen atoms in total. The molecule has 1 aromatic carbocycles. The Hall–Kier alpha value is -1.52. The summed E-state index contributed by atoms with van der Waals surface area (Å²) in [5.41, 5.74) is 3.32. The molecule has 1 fully saturated rings. The van der Waals surface area contributed by atoms with Gasteiger partial charge in [0.25, 0.3) is 0 Å². The highest BCUT2D eigenvalue weighted by molar-refractivity contribution is 5.83. The fraction of sp³-hybridized carbons (Fsp3) is 0.529. The van der Waals surface area contributed by atoms with Crippen LogP contribution < -0.4 is 4.74 Å². The summed E-state index contributed by atoms with van der Waals surface area (Å²) in [6.45, 7) is 7.60. The standard InChI is InChI=1S/C17H24N2O2/c1-13-9-17-15(10-16(13)20-3)14(12-21-17)11-19-6-4-5-18(2)7-8-19/h9-10,12H,4-8,11H2,1-3H3. The summed E-state index contributed by atoms with van der Waals surface area (Å²) in [6, 6.07) is 4.17. The Kier molecular flexibility index (Phi) is 4.17. The molecule has 4 heteroatoms. The monoisotopic (exact) mass is 288 g/mol. The quantitative estimate of drug-likeness (QED) is 0.868. The van der Waals surface area contributed by atoms with Crippen molar-refractivity contribution in [3.8, 4) is 5.75 Å². The fourth-order valence-corrected chi connectivity index (χ4v) is 3.05. The van der Waals surface area contributed by atoms with Crippen LogP contribution in [0.4, 0.5) is 0 Å². The predicted molar refractivity (Wildman–Crippen MR) is 84.9 cm³/mol. The average molecular weight is 288 g/mol. The lowest BCUT2D eigenvalue weighted by atomic mass is 10.1. The van der Waals surface area contributed by atoms with E-state index in [1.807, 2.05) is 13.2 Å². The van der Waals surface area contributed by atoms with Gasteiger partial charge >= 0.3 is 0 Å². The van der Waals surface area contributed by atoms with Crippen LogP contribution in [0.5, 0.6) is 5.75 Å². The van der Waals surface area contributed by atoms with Crippen LogP contribution in [0.1, 0.15) is 17.5 Å².